The quantitative estimate of drug-likeness (QED) is 0.542. The molecule has 2 aromatic heterocycles. The van der Waals surface area contributed by atoms with E-state index in [0.29, 0.717) is 28.6 Å². The monoisotopic (exact) mass is 377 g/mol. The Labute approximate surface area is 161 Å². The van der Waals surface area contributed by atoms with Gasteiger partial charge in [0.15, 0.2) is 0 Å². The number of aromatic nitrogens is 2. The molecule has 0 bridgehead atoms. The predicted molar refractivity (Wildman–Crippen MR) is 105 cm³/mol. The maximum atomic E-state index is 12.3. The number of anilines is 1. The molecule has 0 saturated carbocycles. The molecule has 27 heavy (non-hydrogen) atoms. The van der Waals surface area contributed by atoms with Gasteiger partial charge in [-0.1, -0.05) is 17.7 Å². The summed E-state index contributed by atoms with van der Waals surface area (Å²) in [6.07, 6.45) is 3.88. The van der Waals surface area contributed by atoms with Gasteiger partial charge in [0.2, 0.25) is 0 Å². The lowest BCUT2D eigenvalue weighted by molar-refractivity contribution is 0.102. The van der Waals surface area contributed by atoms with E-state index in [-0.39, 0.29) is 5.91 Å². The third-order valence-corrected chi connectivity index (χ3v) is 4.27. The Hall–Kier alpha value is -3.31. The molecule has 1 N–H and O–H groups in total. The van der Waals surface area contributed by atoms with Crippen molar-refractivity contribution in [1.82, 2.24) is 9.38 Å². The van der Waals surface area contributed by atoms with Gasteiger partial charge in [-0.2, -0.15) is 0 Å². The van der Waals surface area contributed by atoms with Crippen LogP contribution in [0.5, 0.6) is 5.75 Å². The Bertz CT molecular complexity index is 1040. The van der Waals surface area contributed by atoms with Gasteiger partial charge in [-0.3, -0.25) is 4.79 Å². The van der Waals surface area contributed by atoms with Gasteiger partial charge in [0, 0.05) is 28.7 Å². The summed E-state index contributed by atoms with van der Waals surface area (Å²) in [6, 6.07) is 19.8. The normalized spacial score (nSPS) is 10.7. The van der Waals surface area contributed by atoms with Crippen LogP contribution in [-0.2, 0) is 6.61 Å². The largest absolute Gasteiger partial charge is 0.487 e. The van der Waals surface area contributed by atoms with Gasteiger partial charge >= 0.3 is 0 Å². The summed E-state index contributed by atoms with van der Waals surface area (Å²) >= 11 is 5.85. The molecule has 0 atom stereocenters. The van der Waals surface area contributed by atoms with Crippen molar-refractivity contribution < 1.29 is 9.53 Å². The fraction of sp³-hybridized carbons (Fsp3) is 0.0476. The van der Waals surface area contributed by atoms with Crippen LogP contribution in [0.4, 0.5) is 5.69 Å². The van der Waals surface area contributed by atoms with Crippen molar-refractivity contribution in [3.63, 3.8) is 0 Å². The molecule has 2 heterocycles. The minimum absolute atomic E-state index is 0.191. The maximum Gasteiger partial charge on any atom is 0.255 e. The standard InChI is InChI=1S/C21H16ClN3O2/c22-16-6-8-17(9-7-16)24-21(26)15-4-10-19(11-5-15)27-14-18-13-25-12-2-1-3-20(25)23-18/h1-13H,14H2,(H,24,26). The average Bonchev–Trinajstić information content (AvgIpc) is 3.11. The zero-order valence-corrected chi connectivity index (χ0v) is 15.1. The third-order valence-electron chi connectivity index (χ3n) is 4.02. The van der Waals surface area contributed by atoms with Crippen molar-refractivity contribution in [2.45, 2.75) is 6.61 Å². The summed E-state index contributed by atoms with van der Waals surface area (Å²) in [5.41, 5.74) is 2.96. The number of carbonyl (C=O) groups is 1. The first-order valence-electron chi connectivity index (χ1n) is 8.40. The van der Waals surface area contributed by atoms with E-state index in [9.17, 15) is 4.79 Å². The van der Waals surface area contributed by atoms with Crippen molar-refractivity contribution in [3.8, 4) is 5.75 Å². The smallest absolute Gasteiger partial charge is 0.255 e. The van der Waals surface area contributed by atoms with E-state index < -0.39 is 0 Å². The van der Waals surface area contributed by atoms with Crippen molar-refractivity contribution in [2.24, 2.45) is 0 Å². The number of rotatable bonds is 5. The molecule has 0 aliphatic rings. The summed E-state index contributed by atoms with van der Waals surface area (Å²) in [5.74, 6) is 0.485. The number of hydrogen-bond acceptors (Lipinski definition) is 3. The van der Waals surface area contributed by atoms with E-state index in [2.05, 4.69) is 10.3 Å². The van der Waals surface area contributed by atoms with Gasteiger partial charge in [0.1, 0.15) is 18.0 Å². The Morgan fingerprint density at radius 2 is 1.81 bits per heavy atom. The lowest BCUT2D eigenvalue weighted by Gasteiger charge is -2.07. The highest BCUT2D eigenvalue weighted by atomic mass is 35.5. The molecule has 0 fully saturated rings. The molecule has 4 aromatic rings. The van der Waals surface area contributed by atoms with E-state index in [1.54, 1.807) is 48.5 Å². The number of amides is 1. The lowest BCUT2D eigenvalue weighted by atomic mass is 10.2. The lowest BCUT2D eigenvalue weighted by Crippen LogP contribution is -2.11. The minimum Gasteiger partial charge on any atom is -0.487 e. The highest BCUT2D eigenvalue weighted by molar-refractivity contribution is 6.30. The van der Waals surface area contributed by atoms with Crippen molar-refractivity contribution >= 4 is 28.8 Å². The summed E-state index contributed by atoms with van der Waals surface area (Å²) in [6.45, 7) is 0.359. The maximum absolute atomic E-state index is 12.3. The second-order valence-corrected chi connectivity index (χ2v) is 6.41. The number of fused-ring (bicyclic) bond motifs is 1. The van der Waals surface area contributed by atoms with Crippen LogP contribution in [0.2, 0.25) is 5.02 Å². The van der Waals surface area contributed by atoms with Crippen LogP contribution in [-0.4, -0.2) is 15.3 Å². The molecule has 1 amide bonds. The summed E-state index contributed by atoms with van der Waals surface area (Å²) in [5, 5.41) is 3.45. The van der Waals surface area contributed by atoms with Crippen LogP contribution >= 0.6 is 11.6 Å². The fourth-order valence-electron chi connectivity index (χ4n) is 2.65. The first kappa shape index (κ1) is 17.1. The molecule has 0 saturated heterocycles. The highest BCUT2D eigenvalue weighted by Crippen LogP contribution is 2.17. The number of hydrogen-bond donors (Lipinski definition) is 1. The van der Waals surface area contributed by atoms with Crippen LogP contribution in [0.3, 0.4) is 0 Å². The van der Waals surface area contributed by atoms with Gasteiger partial charge in [-0.15, -0.1) is 0 Å². The summed E-state index contributed by atoms with van der Waals surface area (Å²) < 4.78 is 7.71. The van der Waals surface area contributed by atoms with Crippen molar-refractivity contribution in [3.05, 3.63) is 95.4 Å². The van der Waals surface area contributed by atoms with E-state index >= 15 is 0 Å². The zero-order chi connectivity index (χ0) is 18.6. The van der Waals surface area contributed by atoms with Gasteiger partial charge < -0.3 is 14.5 Å². The van der Waals surface area contributed by atoms with Crippen molar-refractivity contribution in [1.29, 1.82) is 0 Å². The molecule has 0 aliphatic heterocycles. The van der Waals surface area contributed by atoms with Crippen LogP contribution in [0, 0.1) is 0 Å². The average molecular weight is 378 g/mol. The third kappa shape index (κ3) is 4.10. The van der Waals surface area contributed by atoms with E-state index in [1.807, 2.05) is 35.0 Å². The van der Waals surface area contributed by atoms with Gasteiger partial charge in [0.25, 0.3) is 5.91 Å². The molecule has 6 heteroatoms. The SMILES string of the molecule is O=C(Nc1ccc(Cl)cc1)c1ccc(OCc2cn3ccccc3n2)cc1. The molecule has 0 unspecified atom stereocenters. The molecule has 0 spiro atoms. The molecule has 0 radical (unpaired) electrons. The highest BCUT2D eigenvalue weighted by Gasteiger charge is 2.07. The van der Waals surface area contributed by atoms with Gasteiger partial charge in [-0.05, 0) is 60.7 Å². The van der Waals surface area contributed by atoms with E-state index in [0.717, 1.165) is 11.3 Å². The summed E-state index contributed by atoms with van der Waals surface area (Å²) in [7, 11) is 0. The number of pyridine rings is 1. The first-order chi connectivity index (χ1) is 13.2. The number of halogens is 1. The molecular formula is C21H16ClN3O2. The number of carbonyl (C=O) groups excluding carboxylic acids is 1. The summed E-state index contributed by atoms with van der Waals surface area (Å²) in [4.78, 5) is 16.8. The second kappa shape index (κ2) is 7.51. The van der Waals surface area contributed by atoms with Crippen molar-refractivity contribution in [2.75, 3.05) is 5.32 Å². The van der Waals surface area contributed by atoms with Crippen LogP contribution in [0.25, 0.3) is 5.65 Å². The molecule has 5 nitrogen and oxygen atoms in total. The number of benzene rings is 2. The zero-order valence-electron chi connectivity index (χ0n) is 14.3. The Kier molecular flexibility index (Phi) is 4.77. The Balaban J connectivity index is 1.38. The molecular weight excluding hydrogens is 362 g/mol. The van der Waals surface area contributed by atoms with Crippen LogP contribution in [0.15, 0.2) is 79.1 Å². The van der Waals surface area contributed by atoms with Gasteiger partial charge in [0.05, 0.1) is 5.69 Å². The van der Waals surface area contributed by atoms with Crippen LogP contribution < -0.4 is 10.1 Å². The number of imidazole rings is 1. The number of nitrogens with one attached hydrogen (secondary N) is 1. The first-order valence-corrected chi connectivity index (χ1v) is 8.77. The van der Waals surface area contributed by atoms with Crippen LogP contribution in [0.1, 0.15) is 16.1 Å². The molecule has 4 rings (SSSR count). The van der Waals surface area contributed by atoms with Gasteiger partial charge in [-0.25, -0.2) is 4.98 Å². The molecule has 134 valence electrons. The number of ether oxygens (including phenoxy) is 1. The molecule has 0 aliphatic carbocycles. The van der Waals surface area contributed by atoms with E-state index in [4.69, 9.17) is 16.3 Å². The Morgan fingerprint density at radius 3 is 2.56 bits per heavy atom. The topological polar surface area (TPSA) is 55.6 Å². The Morgan fingerprint density at radius 1 is 1.04 bits per heavy atom. The minimum atomic E-state index is -0.191. The molecule has 2 aromatic carbocycles. The number of nitrogens with zero attached hydrogens (tertiary/aromatic N) is 2. The second-order valence-electron chi connectivity index (χ2n) is 5.97. The van der Waals surface area contributed by atoms with E-state index in [1.165, 1.54) is 0 Å². The fourth-order valence-corrected chi connectivity index (χ4v) is 2.78. The predicted octanol–water partition coefficient (Wildman–Crippen LogP) is 4.82.